The number of benzene rings is 2. The molecule has 0 aromatic heterocycles. The van der Waals surface area contributed by atoms with E-state index in [4.69, 9.17) is 4.74 Å². The third kappa shape index (κ3) is 3.83. The average Bonchev–Trinajstić information content (AvgIpc) is 2.63. The number of carbonyl (C=O) groups excluding carboxylic acids is 1. The summed E-state index contributed by atoms with van der Waals surface area (Å²) in [5.74, 6) is -0.177. The Morgan fingerprint density at radius 3 is 2.42 bits per heavy atom. The van der Waals surface area contributed by atoms with E-state index in [1.54, 1.807) is 30.5 Å². The highest BCUT2D eigenvalue weighted by Crippen LogP contribution is 2.26. The van der Waals surface area contributed by atoms with E-state index in [-0.39, 0.29) is 5.91 Å². The highest BCUT2D eigenvalue weighted by atomic mass is 32.2. The maximum atomic E-state index is 12.5. The molecular weight excluding hydrogens is 324 g/mol. The molecule has 2 aromatic carbocycles. The van der Waals surface area contributed by atoms with Crippen molar-refractivity contribution in [3.8, 4) is 0 Å². The number of hydrogen-bond donors (Lipinski definition) is 1. The summed E-state index contributed by atoms with van der Waals surface area (Å²) >= 11 is 0. The molecule has 3 rings (SSSR count). The van der Waals surface area contributed by atoms with Crippen LogP contribution in [0.15, 0.2) is 53.4 Å². The molecule has 1 amide bonds. The maximum absolute atomic E-state index is 12.5. The minimum Gasteiger partial charge on any atom is -0.378 e. The number of ether oxygens (including phenoxy) is 1. The van der Waals surface area contributed by atoms with Crippen LogP contribution in [-0.2, 0) is 15.5 Å². The Hall–Kier alpha value is -2.18. The molecule has 1 saturated heterocycles. The minimum atomic E-state index is -1.05. The van der Waals surface area contributed by atoms with Gasteiger partial charge in [-0.1, -0.05) is 12.1 Å². The molecule has 0 radical (unpaired) electrons. The highest BCUT2D eigenvalue weighted by Gasteiger charge is 2.16. The number of nitrogens with one attached hydrogen (secondary N) is 1. The number of rotatable bonds is 4. The van der Waals surface area contributed by atoms with Crippen LogP contribution in [0.4, 0.5) is 11.4 Å². The molecule has 1 N–H and O–H groups in total. The number of amides is 1. The number of carbonyl (C=O) groups is 1. The summed E-state index contributed by atoms with van der Waals surface area (Å²) in [5.41, 5.74) is 2.33. The largest absolute Gasteiger partial charge is 0.378 e. The van der Waals surface area contributed by atoms with Crippen LogP contribution in [-0.4, -0.2) is 42.7 Å². The zero-order valence-corrected chi connectivity index (χ0v) is 14.3. The molecule has 0 spiro atoms. The van der Waals surface area contributed by atoms with Gasteiger partial charge >= 0.3 is 0 Å². The zero-order valence-electron chi connectivity index (χ0n) is 13.5. The second-order valence-electron chi connectivity index (χ2n) is 5.55. The molecule has 0 bridgehead atoms. The van der Waals surface area contributed by atoms with E-state index in [1.807, 2.05) is 24.3 Å². The lowest BCUT2D eigenvalue weighted by molar-refractivity contribution is 0.102. The molecule has 0 saturated carbocycles. The van der Waals surface area contributed by atoms with E-state index in [0.29, 0.717) is 23.7 Å². The van der Waals surface area contributed by atoms with E-state index in [0.717, 1.165) is 24.5 Å². The first-order valence-electron chi connectivity index (χ1n) is 7.82. The molecule has 1 fully saturated rings. The Morgan fingerprint density at radius 2 is 1.75 bits per heavy atom. The van der Waals surface area contributed by atoms with Crippen molar-refractivity contribution in [2.45, 2.75) is 4.90 Å². The monoisotopic (exact) mass is 344 g/mol. The Balaban J connectivity index is 1.77. The first-order valence-corrected chi connectivity index (χ1v) is 9.37. The summed E-state index contributed by atoms with van der Waals surface area (Å²) in [6.07, 6.45) is 1.62. The van der Waals surface area contributed by atoms with Gasteiger partial charge < -0.3 is 15.0 Å². The van der Waals surface area contributed by atoms with Gasteiger partial charge in [-0.3, -0.25) is 9.00 Å². The van der Waals surface area contributed by atoms with Crippen molar-refractivity contribution in [3.05, 3.63) is 54.1 Å². The first kappa shape index (κ1) is 16.7. The van der Waals surface area contributed by atoms with Gasteiger partial charge in [0.2, 0.25) is 0 Å². The third-order valence-electron chi connectivity index (χ3n) is 3.95. The predicted molar refractivity (Wildman–Crippen MR) is 96.2 cm³/mol. The van der Waals surface area contributed by atoms with Gasteiger partial charge in [0.05, 0.1) is 24.6 Å². The molecule has 2 aromatic rings. The molecule has 6 heteroatoms. The Morgan fingerprint density at radius 1 is 1.08 bits per heavy atom. The first-order chi connectivity index (χ1) is 11.6. The number of hydrogen-bond acceptors (Lipinski definition) is 4. The lowest BCUT2D eigenvalue weighted by Crippen LogP contribution is -2.36. The smallest absolute Gasteiger partial charge is 0.255 e. The van der Waals surface area contributed by atoms with Gasteiger partial charge in [-0.05, 0) is 36.4 Å². The van der Waals surface area contributed by atoms with Crippen LogP contribution in [0, 0.1) is 0 Å². The van der Waals surface area contributed by atoms with Crippen molar-refractivity contribution in [3.63, 3.8) is 0 Å². The van der Waals surface area contributed by atoms with Crippen molar-refractivity contribution >= 4 is 28.1 Å². The minimum absolute atomic E-state index is 0.177. The van der Waals surface area contributed by atoms with Gasteiger partial charge in [0, 0.05) is 40.6 Å². The SMILES string of the molecule is C[S@@](=O)c1ccc(C(=O)Nc2ccccc2N2CCOCC2)cc1. The summed E-state index contributed by atoms with van der Waals surface area (Å²) in [6, 6.07) is 14.6. The second-order valence-corrected chi connectivity index (χ2v) is 6.93. The van der Waals surface area contributed by atoms with Crippen molar-refractivity contribution in [1.29, 1.82) is 0 Å². The molecule has 126 valence electrons. The van der Waals surface area contributed by atoms with Crippen LogP contribution in [0.2, 0.25) is 0 Å². The fourth-order valence-electron chi connectivity index (χ4n) is 2.65. The Labute approximate surface area is 144 Å². The molecule has 1 aliphatic heterocycles. The lowest BCUT2D eigenvalue weighted by atomic mass is 10.2. The summed E-state index contributed by atoms with van der Waals surface area (Å²) in [7, 11) is -1.05. The standard InChI is InChI=1S/C18H20N2O3S/c1-24(22)15-8-6-14(7-9-15)18(21)19-16-4-2-3-5-17(16)20-10-12-23-13-11-20/h2-9H,10-13H2,1H3,(H,19,21)/t24-/m1/s1. The van der Waals surface area contributed by atoms with E-state index in [2.05, 4.69) is 10.2 Å². The topological polar surface area (TPSA) is 58.6 Å². The molecule has 0 unspecified atom stereocenters. The normalized spacial score (nSPS) is 15.8. The van der Waals surface area contributed by atoms with Crippen molar-refractivity contribution in [2.75, 3.05) is 42.8 Å². The average molecular weight is 344 g/mol. The highest BCUT2D eigenvalue weighted by molar-refractivity contribution is 7.84. The third-order valence-corrected chi connectivity index (χ3v) is 4.89. The van der Waals surface area contributed by atoms with E-state index >= 15 is 0 Å². The van der Waals surface area contributed by atoms with Crippen LogP contribution < -0.4 is 10.2 Å². The van der Waals surface area contributed by atoms with Crippen LogP contribution >= 0.6 is 0 Å². The van der Waals surface area contributed by atoms with E-state index < -0.39 is 10.8 Å². The number of para-hydroxylation sites is 2. The fraction of sp³-hybridized carbons (Fsp3) is 0.278. The number of anilines is 2. The molecular formula is C18H20N2O3S. The summed E-state index contributed by atoms with van der Waals surface area (Å²) in [4.78, 5) is 15.4. The lowest BCUT2D eigenvalue weighted by Gasteiger charge is -2.30. The van der Waals surface area contributed by atoms with Crippen LogP contribution in [0.5, 0.6) is 0 Å². The molecule has 1 atom stereocenters. The van der Waals surface area contributed by atoms with E-state index in [9.17, 15) is 9.00 Å². The molecule has 5 nitrogen and oxygen atoms in total. The summed E-state index contributed by atoms with van der Waals surface area (Å²) in [5, 5.41) is 2.98. The van der Waals surface area contributed by atoms with Crippen LogP contribution in [0.1, 0.15) is 10.4 Å². The fourth-order valence-corrected chi connectivity index (χ4v) is 3.17. The van der Waals surface area contributed by atoms with Crippen molar-refractivity contribution in [2.24, 2.45) is 0 Å². The Kier molecular flexibility index (Phi) is 5.27. The molecule has 24 heavy (non-hydrogen) atoms. The number of nitrogens with zero attached hydrogens (tertiary/aromatic N) is 1. The summed E-state index contributed by atoms with van der Waals surface area (Å²) in [6.45, 7) is 3.00. The van der Waals surface area contributed by atoms with Gasteiger partial charge in [-0.25, -0.2) is 0 Å². The van der Waals surface area contributed by atoms with Gasteiger partial charge in [0.15, 0.2) is 0 Å². The molecule has 1 aliphatic rings. The quantitative estimate of drug-likeness (QED) is 0.926. The van der Waals surface area contributed by atoms with Gasteiger partial charge in [-0.2, -0.15) is 0 Å². The van der Waals surface area contributed by atoms with Crippen LogP contribution in [0.25, 0.3) is 0 Å². The summed E-state index contributed by atoms with van der Waals surface area (Å²) < 4.78 is 16.8. The molecule has 1 heterocycles. The maximum Gasteiger partial charge on any atom is 0.255 e. The second kappa shape index (κ2) is 7.59. The van der Waals surface area contributed by atoms with Crippen molar-refractivity contribution < 1.29 is 13.7 Å². The number of morpholine rings is 1. The van der Waals surface area contributed by atoms with Crippen LogP contribution in [0.3, 0.4) is 0 Å². The van der Waals surface area contributed by atoms with Gasteiger partial charge in [0.25, 0.3) is 5.91 Å². The zero-order chi connectivity index (χ0) is 16.9. The molecule has 0 aliphatic carbocycles. The van der Waals surface area contributed by atoms with E-state index in [1.165, 1.54) is 0 Å². The Bertz CT molecular complexity index is 740. The van der Waals surface area contributed by atoms with Gasteiger partial charge in [-0.15, -0.1) is 0 Å². The van der Waals surface area contributed by atoms with Gasteiger partial charge in [0.1, 0.15) is 0 Å². The van der Waals surface area contributed by atoms with Crippen molar-refractivity contribution in [1.82, 2.24) is 0 Å². The predicted octanol–water partition coefficient (Wildman–Crippen LogP) is 2.51.